The smallest absolute Gasteiger partial charge is 0.259 e. The normalized spacial score (nSPS) is 11.4. The van der Waals surface area contributed by atoms with Gasteiger partial charge in [0.2, 0.25) is 10.0 Å². The fourth-order valence-corrected chi connectivity index (χ4v) is 3.99. The van der Waals surface area contributed by atoms with E-state index < -0.39 is 15.8 Å². The van der Waals surface area contributed by atoms with Gasteiger partial charge in [-0.1, -0.05) is 26.0 Å². The number of ether oxygens (including phenoxy) is 1. The number of likely N-dealkylation sites (N-methyl/N-ethyl adjacent to an activating group) is 1. The van der Waals surface area contributed by atoms with Crippen LogP contribution in [0.5, 0.6) is 11.5 Å². The van der Waals surface area contributed by atoms with E-state index in [2.05, 4.69) is 4.72 Å². The zero-order chi connectivity index (χ0) is 24.1. The maximum Gasteiger partial charge on any atom is 0.259 e. The van der Waals surface area contributed by atoms with Gasteiger partial charge in [0.1, 0.15) is 22.2 Å². The van der Waals surface area contributed by atoms with Gasteiger partial charge in [-0.2, -0.15) is 0 Å². The van der Waals surface area contributed by atoms with Crippen LogP contribution in [0.4, 0.5) is 0 Å². The van der Waals surface area contributed by atoms with Gasteiger partial charge in [0.15, 0.2) is 6.61 Å². The summed E-state index contributed by atoms with van der Waals surface area (Å²) >= 11 is 0. The van der Waals surface area contributed by atoms with E-state index in [1.54, 1.807) is 14.1 Å². The third kappa shape index (κ3) is 6.44. The summed E-state index contributed by atoms with van der Waals surface area (Å²) in [7, 11) is -0.760. The summed E-state index contributed by atoms with van der Waals surface area (Å²) in [6.45, 7) is 3.99. The molecule has 10 heteroatoms. The quantitative estimate of drug-likeness (QED) is 0.313. The molecule has 0 aliphatic rings. The minimum atomic E-state index is -4.04. The van der Waals surface area contributed by atoms with Crippen molar-refractivity contribution in [3.05, 3.63) is 53.1 Å². The second kappa shape index (κ2) is 10.5. The summed E-state index contributed by atoms with van der Waals surface area (Å²) in [6, 6.07) is 9.36. The van der Waals surface area contributed by atoms with Crippen molar-refractivity contribution < 1.29 is 23.1 Å². The molecule has 0 saturated carbocycles. The number of amidine groups is 1. The van der Waals surface area contributed by atoms with Crippen molar-refractivity contribution in [2.75, 3.05) is 27.2 Å². The number of hydrogen-bond donors (Lipinski definition) is 4. The monoisotopic (exact) mass is 462 g/mol. The number of carbonyl (C=O) groups excluding carboxylic acids is 1. The van der Waals surface area contributed by atoms with Gasteiger partial charge in [0.25, 0.3) is 5.91 Å². The third-order valence-corrected chi connectivity index (χ3v) is 6.34. The minimum Gasteiger partial charge on any atom is -0.507 e. The molecule has 0 bridgehead atoms. The Labute approximate surface area is 188 Å². The number of rotatable bonds is 10. The molecular formula is C22H30N4O5S. The summed E-state index contributed by atoms with van der Waals surface area (Å²) in [5.41, 5.74) is 7.38. The number of nitrogens with two attached hydrogens (primary N) is 1. The Balaban J connectivity index is 2.18. The second-order valence-electron chi connectivity index (χ2n) is 7.84. The first-order valence-corrected chi connectivity index (χ1v) is 11.5. The van der Waals surface area contributed by atoms with E-state index in [0.717, 1.165) is 17.2 Å². The fourth-order valence-electron chi connectivity index (χ4n) is 2.83. The van der Waals surface area contributed by atoms with E-state index in [1.165, 1.54) is 17.0 Å². The summed E-state index contributed by atoms with van der Waals surface area (Å²) in [6.07, 6.45) is 0.302. The molecule has 174 valence electrons. The number of benzene rings is 2. The summed E-state index contributed by atoms with van der Waals surface area (Å²) in [4.78, 5) is 13.0. The Morgan fingerprint density at radius 3 is 2.50 bits per heavy atom. The van der Waals surface area contributed by atoms with Gasteiger partial charge >= 0.3 is 0 Å². The number of hydrogen-bond acceptors (Lipinski definition) is 6. The highest BCUT2D eigenvalue weighted by Gasteiger charge is 2.20. The second-order valence-corrected chi connectivity index (χ2v) is 9.58. The van der Waals surface area contributed by atoms with Crippen molar-refractivity contribution in [2.24, 2.45) is 5.73 Å². The predicted molar refractivity (Wildman–Crippen MR) is 123 cm³/mol. The number of phenols is 1. The summed E-state index contributed by atoms with van der Waals surface area (Å²) in [5.74, 6) is -0.152. The predicted octanol–water partition coefficient (Wildman–Crippen LogP) is 1.79. The molecule has 0 spiro atoms. The van der Waals surface area contributed by atoms with E-state index in [0.29, 0.717) is 12.2 Å². The lowest BCUT2D eigenvalue weighted by Gasteiger charge is -2.17. The average Bonchev–Trinajstić information content (AvgIpc) is 2.72. The van der Waals surface area contributed by atoms with Gasteiger partial charge in [-0.05, 0) is 47.7 Å². The van der Waals surface area contributed by atoms with E-state index in [-0.39, 0.29) is 41.3 Å². The largest absolute Gasteiger partial charge is 0.507 e. The molecule has 0 aliphatic heterocycles. The van der Waals surface area contributed by atoms with Crippen LogP contribution >= 0.6 is 0 Å². The molecular weight excluding hydrogens is 432 g/mol. The number of carbonyl (C=O) groups is 1. The standard InChI is InChI=1S/C22H30N4O5S/c1-14(2)16-6-5-15(19(11-16)31-13-21(28)26(3)4)9-10-25-32(29,30)20-12-17(22(23)24)7-8-18(20)27/h5-8,11-12,14,25,27H,9-10,13H2,1-4H3,(H3,23,24). The molecule has 0 aliphatic carbocycles. The van der Waals surface area contributed by atoms with Gasteiger partial charge in [0, 0.05) is 26.2 Å². The topological polar surface area (TPSA) is 146 Å². The van der Waals surface area contributed by atoms with Crippen molar-refractivity contribution in [3.8, 4) is 11.5 Å². The van der Waals surface area contributed by atoms with Gasteiger partial charge in [-0.25, -0.2) is 13.1 Å². The number of nitrogen functional groups attached to an aromatic ring is 1. The van der Waals surface area contributed by atoms with Crippen molar-refractivity contribution in [2.45, 2.75) is 31.1 Å². The molecule has 0 unspecified atom stereocenters. The first-order chi connectivity index (χ1) is 14.9. The molecule has 0 radical (unpaired) electrons. The van der Waals surface area contributed by atoms with Gasteiger partial charge in [-0.15, -0.1) is 0 Å². The highest BCUT2D eigenvalue weighted by atomic mass is 32.2. The molecule has 32 heavy (non-hydrogen) atoms. The Morgan fingerprint density at radius 1 is 1.22 bits per heavy atom. The van der Waals surface area contributed by atoms with E-state index >= 15 is 0 Å². The van der Waals surface area contributed by atoms with Gasteiger partial charge in [-0.3, -0.25) is 10.2 Å². The maximum atomic E-state index is 12.7. The fraction of sp³-hybridized carbons (Fsp3) is 0.364. The highest BCUT2D eigenvalue weighted by Crippen LogP contribution is 2.26. The molecule has 9 nitrogen and oxygen atoms in total. The Hall–Kier alpha value is -3.11. The van der Waals surface area contributed by atoms with Crippen LogP contribution < -0.4 is 15.2 Å². The van der Waals surface area contributed by atoms with Crippen molar-refractivity contribution in [1.82, 2.24) is 9.62 Å². The highest BCUT2D eigenvalue weighted by molar-refractivity contribution is 7.89. The zero-order valence-corrected chi connectivity index (χ0v) is 19.5. The first kappa shape index (κ1) is 25.2. The molecule has 2 aromatic rings. The zero-order valence-electron chi connectivity index (χ0n) is 18.7. The Kier molecular flexibility index (Phi) is 8.23. The SMILES string of the molecule is CC(C)c1ccc(CCNS(=O)(=O)c2cc(C(=N)N)ccc2O)c(OCC(=O)N(C)C)c1. The van der Waals surface area contributed by atoms with Crippen LogP contribution in [0.2, 0.25) is 0 Å². The van der Waals surface area contributed by atoms with Crippen LogP contribution in [0.3, 0.4) is 0 Å². The summed E-state index contributed by atoms with van der Waals surface area (Å²) < 4.78 is 33.5. The number of nitrogens with zero attached hydrogens (tertiary/aromatic N) is 1. The van der Waals surface area contributed by atoms with E-state index in [9.17, 15) is 18.3 Å². The van der Waals surface area contributed by atoms with Crippen LogP contribution in [0.1, 0.15) is 36.5 Å². The van der Waals surface area contributed by atoms with Crippen molar-refractivity contribution in [1.29, 1.82) is 5.41 Å². The minimum absolute atomic E-state index is 0.0328. The van der Waals surface area contributed by atoms with Gasteiger partial charge < -0.3 is 20.5 Å². The van der Waals surface area contributed by atoms with E-state index in [1.807, 2.05) is 32.0 Å². The molecule has 2 rings (SSSR count). The van der Waals surface area contributed by atoms with Crippen molar-refractivity contribution in [3.63, 3.8) is 0 Å². The molecule has 0 saturated heterocycles. The molecule has 2 aromatic carbocycles. The van der Waals surface area contributed by atoms with E-state index in [4.69, 9.17) is 15.9 Å². The van der Waals surface area contributed by atoms with Crippen molar-refractivity contribution >= 4 is 21.8 Å². The van der Waals surface area contributed by atoms with Crippen LogP contribution in [0, 0.1) is 5.41 Å². The molecule has 0 fully saturated rings. The Morgan fingerprint density at radius 2 is 1.91 bits per heavy atom. The number of aromatic hydroxyl groups is 1. The molecule has 0 aromatic heterocycles. The summed E-state index contributed by atoms with van der Waals surface area (Å²) in [5, 5.41) is 17.4. The van der Waals surface area contributed by atoms with Gasteiger partial charge in [0.05, 0.1) is 0 Å². The van der Waals surface area contributed by atoms with Crippen LogP contribution in [0.15, 0.2) is 41.3 Å². The molecule has 5 N–H and O–H groups in total. The first-order valence-electron chi connectivity index (χ1n) is 10.0. The molecule has 1 amide bonds. The number of nitrogens with one attached hydrogen (secondary N) is 2. The average molecular weight is 463 g/mol. The molecule has 0 atom stereocenters. The number of phenolic OH excluding ortho intramolecular Hbond substituents is 1. The van der Waals surface area contributed by atoms with Crippen LogP contribution in [-0.4, -0.2) is 57.4 Å². The lowest BCUT2D eigenvalue weighted by molar-refractivity contribution is -0.130. The number of sulfonamides is 1. The third-order valence-electron chi connectivity index (χ3n) is 4.85. The van der Waals surface area contributed by atoms with Crippen LogP contribution in [-0.2, 0) is 21.2 Å². The molecule has 0 heterocycles. The Bertz CT molecular complexity index is 1100. The lowest BCUT2D eigenvalue weighted by atomic mass is 10.00. The maximum absolute atomic E-state index is 12.7. The number of amides is 1. The lowest BCUT2D eigenvalue weighted by Crippen LogP contribution is -2.28. The van der Waals surface area contributed by atoms with Crippen LogP contribution in [0.25, 0.3) is 0 Å².